The summed E-state index contributed by atoms with van der Waals surface area (Å²) in [6.07, 6.45) is -3.47. The molecule has 0 amide bonds. The zero-order chi connectivity index (χ0) is 13.3. The van der Waals surface area contributed by atoms with Gasteiger partial charge in [0.2, 0.25) is 0 Å². The molecule has 2 unspecified atom stereocenters. The molecule has 0 spiro atoms. The van der Waals surface area contributed by atoms with Crippen LogP contribution in [-0.4, -0.2) is 19.3 Å². The second-order valence-electron chi connectivity index (χ2n) is 4.42. The van der Waals surface area contributed by atoms with Crippen LogP contribution in [0.5, 0.6) is 5.75 Å². The summed E-state index contributed by atoms with van der Waals surface area (Å²) in [4.78, 5) is 0. The Kier molecular flexibility index (Phi) is 3.73. The normalized spacial score (nSPS) is 22.9. The van der Waals surface area contributed by atoms with E-state index < -0.39 is 12.8 Å². The van der Waals surface area contributed by atoms with E-state index in [1.807, 2.05) is 0 Å². The maximum Gasteiger partial charge on any atom is 0.422 e. The number of benzene rings is 1. The first-order chi connectivity index (χ1) is 8.40. The van der Waals surface area contributed by atoms with Crippen molar-refractivity contribution in [2.24, 2.45) is 11.7 Å². The molecule has 0 radical (unpaired) electrons. The Labute approximate surface area is 108 Å². The van der Waals surface area contributed by atoms with Gasteiger partial charge in [-0.3, -0.25) is 0 Å². The smallest absolute Gasteiger partial charge is 0.422 e. The lowest BCUT2D eigenvalue weighted by atomic mass is 10.1. The highest BCUT2D eigenvalue weighted by Crippen LogP contribution is 2.50. The van der Waals surface area contributed by atoms with Crippen molar-refractivity contribution < 1.29 is 17.9 Å². The lowest BCUT2D eigenvalue weighted by molar-refractivity contribution is -0.153. The van der Waals surface area contributed by atoms with E-state index >= 15 is 0 Å². The first-order valence-electron chi connectivity index (χ1n) is 5.60. The van der Waals surface area contributed by atoms with Gasteiger partial charge < -0.3 is 10.5 Å². The van der Waals surface area contributed by atoms with Crippen LogP contribution in [0.4, 0.5) is 13.2 Å². The molecule has 1 saturated carbocycles. The minimum atomic E-state index is -4.34. The molecule has 1 fully saturated rings. The van der Waals surface area contributed by atoms with E-state index in [4.69, 9.17) is 22.1 Å². The van der Waals surface area contributed by atoms with Crippen LogP contribution in [0.3, 0.4) is 0 Å². The van der Waals surface area contributed by atoms with Gasteiger partial charge in [-0.2, -0.15) is 13.2 Å². The van der Waals surface area contributed by atoms with Crippen molar-refractivity contribution in [1.82, 2.24) is 0 Å². The van der Waals surface area contributed by atoms with Crippen LogP contribution in [0.2, 0.25) is 5.02 Å². The number of halogens is 4. The summed E-state index contributed by atoms with van der Waals surface area (Å²) in [6.45, 7) is -0.766. The van der Waals surface area contributed by atoms with Gasteiger partial charge in [-0.1, -0.05) is 11.6 Å². The van der Waals surface area contributed by atoms with Gasteiger partial charge >= 0.3 is 6.18 Å². The second-order valence-corrected chi connectivity index (χ2v) is 4.86. The van der Waals surface area contributed by atoms with Gasteiger partial charge in [0.25, 0.3) is 0 Å². The highest BCUT2D eigenvalue weighted by atomic mass is 35.5. The van der Waals surface area contributed by atoms with Crippen molar-refractivity contribution in [3.63, 3.8) is 0 Å². The SMILES string of the molecule is NCC1CC1c1cc(Cl)ccc1OCC(F)(F)F. The van der Waals surface area contributed by atoms with Gasteiger partial charge in [-0.05, 0) is 48.6 Å². The fraction of sp³-hybridized carbons (Fsp3) is 0.500. The molecule has 6 heteroatoms. The summed E-state index contributed by atoms with van der Waals surface area (Å²) in [7, 11) is 0. The van der Waals surface area contributed by atoms with E-state index in [0.29, 0.717) is 17.5 Å². The Morgan fingerprint density at radius 3 is 2.67 bits per heavy atom. The molecule has 1 aliphatic rings. The molecule has 0 bridgehead atoms. The van der Waals surface area contributed by atoms with E-state index in [0.717, 1.165) is 12.0 Å². The van der Waals surface area contributed by atoms with Crippen molar-refractivity contribution in [3.05, 3.63) is 28.8 Å². The van der Waals surface area contributed by atoms with Crippen LogP contribution in [0.15, 0.2) is 18.2 Å². The van der Waals surface area contributed by atoms with Gasteiger partial charge in [0.1, 0.15) is 5.75 Å². The van der Waals surface area contributed by atoms with Crippen LogP contribution < -0.4 is 10.5 Å². The summed E-state index contributed by atoms with van der Waals surface area (Å²) >= 11 is 5.86. The Morgan fingerprint density at radius 1 is 1.39 bits per heavy atom. The standard InChI is InChI=1S/C12H13ClF3NO/c13-8-1-2-11(18-6-12(14,15)16)10(4-8)9-3-7(9)5-17/h1-2,4,7,9H,3,5-6,17H2. The second kappa shape index (κ2) is 4.97. The molecule has 2 nitrogen and oxygen atoms in total. The lowest BCUT2D eigenvalue weighted by Gasteiger charge is -2.13. The lowest BCUT2D eigenvalue weighted by Crippen LogP contribution is -2.19. The number of ether oxygens (including phenoxy) is 1. The highest BCUT2D eigenvalue weighted by Gasteiger charge is 2.39. The monoisotopic (exact) mass is 279 g/mol. The summed E-state index contributed by atoms with van der Waals surface area (Å²) in [5.74, 6) is 0.728. The molecule has 1 aromatic rings. The average Bonchev–Trinajstić information content (AvgIpc) is 3.05. The highest BCUT2D eigenvalue weighted by molar-refractivity contribution is 6.30. The molecule has 0 aromatic heterocycles. The maximum absolute atomic E-state index is 12.1. The van der Waals surface area contributed by atoms with Crippen molar-refractivity contribution in [3.8, 4) is 5.75 Å². The Morgan fingerprint density at radius 2 is 2.11 bits per heavy atom. The Balaban J connectivity index is 2.14. The maximum atomic E-state index is 12.1. The van der Waals surface area contributed by atoms with E-state index in [-0.39, 0.29) is 11.7 Å². The number of hydrogen-bond donors (Lipinski definition) is 1. The van der Waals surface area contributed by atoms with Crippen LogP contribution in [0.1, 0.15) is 17.9 Å². The third kappa shape index (κ3) is 3.29. The molecular weight excluding hydrogens is 267 g/mol. The quantitative estimate of drug-likeness (QED) is 0.917. The van der Waals surface area contributed by atoms with Crippen molar-refractivity contribution >= 4 is 11.6 Å². The minimum absolute atomic E-state index is 0.164. The molecule has 0 aliphatic heterocycles. The Bertz CT molecular complexity index is 436. The first kappa shape index (κ1) is 13.5. The van der Waals surface area contributed by atoms with Crippen LogP contribution in [0.25, 0.3) is 0 Å². The van der Waals surface area contributed by atoms with Crippen molar-refractivity contribution in [2.45, 2.75) is 18.5 Å². The number of hydrogen-bond acceptors (Lipinski definition) is 2. The summed E-state index contributed by atoms with van der Waals surface area (Å²) in [5.41, 5.74) is 6.26. The summed E-state index contributed by atoms with van der Waals surface area (Å²) < 4.78 is 41.2. The molecule has 1 aliphatic carbocycles. The molecule has 2 atom stereocenters. The van der Waals surface area contributed by atoms with Gasteiger partial charge in [0, 0.05) is 5.02 Å². The molecule has 18 heavy (non-hydrogen) atoms. The topological polar surface area (TPSA) is 35.2 Å². The number of rotatable bonds is 4. The van der Waals surface area contributed by atoms with Crippen LogP contribution >= 0.6 is 11.6 Å². The molecule has 2 rings (SSSR count). The van der Waals surface area contributed by atoms with Crippen LogP contribution in [-0.2, 0) is 0 Å². The fourth-order valence-corrected chi connectivity index (χ4v) is 2.17. The molecule has 2 N–H and O–H groups in total. The molecular formula is C12H13ClF3NO. The molecule has 1 aromatic carbocycles. The van der Waals surface area contributed by atoms with E-state index in [2.05, 4.69) is 0 Å². The summed E-state index contributed by atoms with van der Waals surface area (Å²) in [6, 6.07) is 4.67. The van der Waals surface area contributed by atoms with Gasteiger partial charge in [-0.25, -0.2) is 0 Å². The first-order valence-corrected chi connectivity index (χ1v) is 5.97. The minimum Gasteiger partial charge on any atom is -0.484 e. The molecule has 0 saturated heterocycles. The van der Waals surface area contributed by atoms with Crippen LogP contribution in [0, 0.1) is 5.92 Å². The van der Waals surface area contributed by atoms with E-state index in [1.54, 1.807) is 6.07 Å². The predicted molar refractivity (Wildman–Crippen MR) is 62.9 cm³/mol. The average molecular weight is 280 g/mol. The third-order valence-corrected chi connectivity index (χ3v) is 3.22. The zero-order valence-electron chi connectivity index (χ0n) is 9.51. The van der Waals surface area contributed by atoms with Crippen molar-refractivity contribution in [1.29, 1.82) is 0 Å². The van der Waals surface area contributed by atoms with Gasteiger partial charge in [-0.15, -0.1) is 0 Å². The largest absolute Gasteiger partial charge is 0.484 e. The Hall–Kier alpha value is -0.940. The van der Waals surface area contributed by atoms with Gasteiger partial charge in [0.05, 0.1) is 0 Å². The number of alkyl halides is 3. The molecule has 0 heterocycles. The van der Waals surface area contributed by atoms with Crippen molar-refractivity contribution in [2.75, 3.05) is 13.2 Å². The summed E-state index contributed by atoms with van der Waals surface area (Å²) in [5, 5.41) is 0.493. The van der Waals surface area contributed by atoms with E-state index in [9.17, 15) is 13.2 Å². The van der Waals surface area contributed by atoms with E-state index in [1.165, 1.54) is 12.1 Å². The third-order valence-electron chi connectivity index (χ3n) is 2.99. The fourth-order valence-electron chi connectivity index (χ4n) is 1.99. The molecule has 100 valence electrons. The number of nitrogens with two attached hydrogens (primary N) is 1. The zero-order valence-corrected chi connectivity index (χ0v) is 10.3. The predicted octanol–water partition coefficient (Wildman–Crippen LogP) is 3.34. The van der Waals surface area contributed by atoms with Gasteiger partial charge in [0.15, 0.2) is 6.61 Å².